The van der Waals surface area contributed by atoms with Gasteiger partial charge in [0.25, 0.3) is 5.91 Å². The standard InChI is InChI=1S/C30H40N6O5/c1-20(2)13-24-28(38)32-15-23-17-36(16-22-11-7-8-12-31-22)18-26(41-23)29(39)34-25(14-21-9-5-4-6-10-21)30(40)35(3)19-27(37)33-24/h4-12,20,23-26H,13-19H2,1-3H3,(H,32,38)(H,33,37)(H,34,39)/t23-,24+,25-,26-/m1/s1. The van der Waals surface area contributed by atoms with Crippen LogP contribution in [0.3, 0.4) is 0 Å². The van der Waals surface area contributed by atoms with Crippen LogP contribution >= 0.6 is 0 Å². The Balaban J connectivity index is 1.62. The van der Waals surface area contributed by atoms with Crippen molar-refractivity contribution in [3.8, 4) is 0 Å². The number of pyridine rings is 1. The Morgan fingerprint density at radius 1 is 0.951 bits per heavy atom. The van der Waals surface area contributed by atoms with Crippen molar-refractivity contribution in [2.45, 2.75) is 57.5 Å². The Hall–Kier alpha value is -3.83. The summed E-state index contributed by atoms with van der Waals surface area (Å²) in [6, 6.07) is 13.4. The minimum absolute atomic E-state index is 0.147. The summed E-state index contributed by atoms with van der Waals surface area (Å²) in [5, 5.41) is 8.61. The van der Waals surface area contributed by atoms with Crippen LogP contribution in [0.5, 0.6) is 0 Å². The number of likely N-dealkylation sites (N-methyl/N-ethyl adjacent to an activating group) is 1. The molecule has 0 radical (unpaired) electrons. The minimum Gasteiger partial charge on any atom is -0.361 e. The van der Waals surface area contributed by atoms with Crippen LogP contribution in [0.25, 0.3) is 0 Å². The predicted molar refractivity (Wildman–Crippen MR) is 152 cm³/mol. The number of nitrogens with zero attached hydrogens (tertiary/aromatic N) is 3. The molecule has 1 aromatic carbocycles. The van der Waals surface area contributed by atoms with Crippen LogP contribution < -0.4 is 16.0 Å². The maximum Gasteiger partial charge on any atom is 0.251 e. The Labute approximate surface area is 241 Å². The summed E-state index contributed by atoms with van der Waals surface area (Å²) in [5.74, 6) is -1.46. The predicted octanol–water partition coefficient (Wildman–Crippen LogP) is 0.498. The average molecular weight is 565 g/mol. The van der Waals surface area contributed by atoms with Gasteiger partial charge < -0.3 is 25.6 Å². The second-order valence-corrected chi connectivity index (χ2v) is 11.2. The van der Waals surface area contributed by atoms with E-state index in [1.165, 1.54) is 11.9 Å². The van der Waals surface area contributed by atoms with Gasteiger partial charge in [0.2, 0.25) is 17.7 Å². The highest BCUT2D eigenvalue weighted by Crippen LogP contribution is 2.16. The fourth-order valence-corrected chi connectivity index (χ4v) is 5.18. The molecule has 220 valence electrons. The molecule has 11 nitrogen and oxygen atoms in total. The molecule has 4 atom stereocenters. The molecule has 4 amide bonds. The second-order valence-electron chi connectivity index (χ2n) is 11.2. The van der Waals surface area contributed by atoms with Crippen molar-refractivity contribution >= 4 is 23.6 Å². The first-order chi connectivity index (χ1) is 19.7. The van der Waals surface area contributed by atoms with E-state index < -0.39 is 42.0 Å². The van der Waals surface area contributed by atoms with Gasteiger partial charge in [0.15, 0.2) is 0 Å². The van der Waals surface area contributed by atoms with Crippen molar-refractivity contribution < 1.29 is 23.9 Å². The lowest BCUT2D eigenvalue weighted by Crippen LogP contribution is -2.58. The summed E-state index contributed by atoms with van der Waals surface area (Å²) < 4.78 is 6.19. The molecule has 2 saturated heterocycles. The quantitative estimate of drug-likeness (QED) is 0.465. The van der Waals surface area contributed by atoms with E-state index >= 15 is 0 Å². The minimum atomic E-state index is -0.910. The van der Waals surface area contributed by atoms with Gasteiger partial charge in [-0.2, -0.15) is 0 Å². The summed E-state index contributed by atoms with van der Waals surface area (Å²) in [6.07, 6.45) is 1.05. The molecule has 0 saturated carbocycles. The number of hydrogen-bond donors (Lipinski definition) is 3. The fourth-order valence-electron chi connectivity index (χ4n) is 5.18. The molecule has 2 bridgehead atoms. The molecule has 2 aromatic rings. The number of carbonyl (C=O) groups is 4. The molecule has 3 heterocycles. The van der Waals surface area contributed by atoms with Crippen LogP contribution in [-0.4, -0.2) is 95.9 Å². The lowest BCUT2D eigenvalue weighted by Gasteiger charge is -2.38. The zero-order chi connectivity index (χ0) is 29.4. The Morgan fingerprint density at radius 3 is 2.41 bits per heavy atom. The third-order valence-corrected chi connectivity index (χ3v) is 7.16. The highest BCUT2D eigenvalue weighted by atomic mass is 16.5. The maximum atomic E-state index is 13.6. The van der Waals surface area contributed by atoms with Crippen LogP contribution in [0.1, 0.15) is 31.5 Å². The summed E-state index contributed by atoms with van der Waals surface area (Å²) in [7, 11) is 1.52. The molecule has 0 aliphatic carbocycles. The van der Waals surface area contributed by atoms with Crippen LogP contribution in [0.2, 0.25) is 0 Å². The Bertz CT molecular complexity index is 1190. The van der Waals surface area contributed by atoms with E-state index in [1.54, 1.807) is 6.20 Å². The van der Waals surface area contributed by atoms with Gasteiger partial charge >= 0.3 is 0 Å². The third-order valence-electron chi connectivity index (χ3n) is 7.16. The van der Waals surface area contributed by atoms with Crippen molar-refractivity contribution in [2.24, 2.45) is 5.92 Å². The molecule has 0 unspecified atom stereocenters. The van der Waals surface area contributed by atoms with E-state index in [0.717, 1.165) is 11.3 Å². The number of carbonyl (C=O) groups excluding carboxylic acids is 4. The van der Waals surface area contributed by atoms with Gasteiger partial charge in [0, 0.05) is 45.8 Å². The normalized spacial score (nSPS) is 25.1. The molecule has 4 rings (SSSR count). The van der Waals surface area contributed by atoms with Gasteiger partial charge in [-0.25, -0.2) is 0 Å². The van der Waals surface area contributed by atoms with E-state index in [9.17, 15) is 19.2 Å². The first-order valence-corrected chi connectivity index (χ1v) is 14.1. The van der Waals surface area contributed by atoms with Gasteiger partial charge in [-0.15, -0.1) is 0 Å². The highest BCUT2D eigenvalue weighted by Gasteiger charge is 2.36. The van der Waals surface area contributed by atoms with Crippen LogP contribution in [0, 0.1) is 5.92 Å². The van der Waals surface area contributed by atoms with Crippen molar-refractivity contribution in [1.29, 1.82) is 0 Å². The SMILES string of the molecule is CC(C)C[C@@H]1NC(=O)CN(C)C(=O)[C@@H](Cc2ccccc2)NC(=O)[C@H]2CN(Cc3ccccn3)C[C@@H](CNC1=O)O2. The van der Waals surface area contributed by atoms with E-state index in [-0.39, 0.29) is 31.3 Å². The number of amides is 4. The number of morpholine rings is 1. The molecule has 41 heavy (non-hydrogen) atoms. The molecule has 11 heteroatoms. The van der Waals surface area contributed by atoms with E-state index in [4.69, 9.17) is 4.74 Å². The largest absolute Gasteiger partial charge is 0.361 e. The zero-order valence-corrected chi connectivity index (χ0v) is 23.9. The molecule has 1 aromatic heterocycles. The van der Waals surface area contributed by atoms with E-state index in [0.29, 0.717) is 26.1 Å². The Morgan fingerprint density at radius 2 is 1.71 bits per heavy atom. The number of benzene rings is 1. The number of nitrogens with one attached hydrogen (secondary N) is 3. The van der Waals surface area contributed by atoms with Gasteiger partial charge in [-0.1, -0.05) is 50.2 Å². The molecule has 2 aliphatic rings. The van der Waals surface area contributed by atoms with E-state index in [1.807, 2.05) is 62.4 Å². The number of fused-ring (bicyclic) bond motifs is 2. The molecule has 3 N–H and O–H groups in total. The summed E-state index contributed by atoms with van der Waals surface area (Å²) in [4.78, 5) is 61.0. The van der Waals surface area contributed by atoms with Crippen LogP contribution in [0.4, 0.5) is 0 Å². The molecular formula is C30H40N6O5. The van der Waals surface area contributed by atoms with Gasteiger partial charge in [-0.05, 0) is 30.0 Å². The Kier molecular flexibility index (Phi) is 10.4. The average Bonchev–Trinajstić information content (AvgIpc) is 2.95. The molecule has 2 fully saturated rings. The van der Waals surface area contributed by atoms with Gasteiger partial charge in [0.1, 0.15) is 18.2 Å². The van der Waals surface area contributed by atoms with Gasteiger partial charge in [-0.3, -0.25) is 29.1 Å². The van der Waals surface area contributed by atoms with Crippen molar-refractivity contribution in [1.82, 2.24) is 30.7 Å². The fraction of sp³-hybridized carbons (Fsp3) is 0.500. The molecule has 0 spiro atoms. The van der Waals surface area contributed by atoms with Crippen LogP contribution in [0.15, 0.2) is 54.7 Å². The van der Waals surface area contributed by atoms with Crippen molar-refractivity contribution in [2.75, 3.05) is 33.2 Å². The lowest BCUT2D eigenvalue weighted by atomic mass is 10.0. The van der Waals surface area contributed by atoms with Crippen molar-refractivity contribution in [3.05, 3.63) is 66.0 Å². The first kappa shape index (κ1) is 30.1. The first-order valence-electron chi connectivity index (χ1n) is 14.1. The van der Waals surface area contributed by atoms with Gasteiger partial charge in [0.05, 0.1) is 18.3 Å². The third kappa shape index (κ3) is 8.83. The lowest BCUT2D eigenvalue weighted by molar-refractivity contribution is -0.150. The summed E-state index contributed by atoms with van der Waals surface area (Å²) in [5.41, 5.74) is 1.72. The molecular weight excluding hydrogens is 524 g/mol. The summed E-state index contributed by atoms with van der Waals surface area (Å²) >= 11 is 0. The molecule has 2 aliphatic heterocycles. The summed E-state index contributed by atoms with van der Waals surface area (Å²) in [6.45, 7) is 5.13. The number of hydrogen-bond acceptors (Lipinski definition) is 7. The number of ether oxygens (including phenoxy) is 1. The number of aromatic nitrogens is 1. The van der Waals surface area contributed by atoms with Crippen LogP contribution in [-0.2, 0) is 36.9 Å². The van der Waals surface area contributed by atoms with E-state index in [2.05, 4.69) is 25.8 Å². The topological polar surface area (TPSA) is 133 Å². The second kappa shape index (κ2) is 14.2. The smallest absolute Gasteiger partial charge is 0.251 e. The van der Waals surface area contributed by atoms with Crippen molar-refractivity contribution in [3.63, 3.8) is 0 Å². The zero-order valence-electron chi connectivity index (χ0n) is 23.9. The highest BCUT2D eigenvalue weighted by molar-refractivity contribution is 5.93. The maximum absolute atomic E-state index is 13.6. The number of rotatable bonds is 6. The monoisotopic (exact) mass is 564 g/mol.